The monoisotopic (exact) mass is 334 g/mol. The normalized spacial score (nSPS) is 11.8. The van der Waals surface area contributed by atoms with Gasteiger partial charge in [-0.25, -0.2) is 0 Å². The van der Waals surface area contributed by atoms with Gasteiger partial charge < -0.3 is 19.4 Å². The van der Waals surface area contributed by atoms with Gasteiger partial charge in [0.2, 0.25) is 0 Å². The molecule has 1 unspecified atom stereocenters. The summed E-state index contributed by atoms with van der Waals surface area (Å²) in [5.41, 5.74) is 0.301. The van der Waals surface area contributed by atoms with E-state index in [1.165, 1.54) is 25.3 Å². The molecule has 0 aliphatic carbocycles. The standard InChI is InChI=1S/C16H19N3O5/c1-11-4-6-13(24-11)9-18(2)10-16(20)17-14-7-5-12(19(21)22)8-15(14)23-3/h4-8H,9-10H2,1-3H3,(H,17,20)/p+1. The predicted molar refractivity (Wildman–Crippen MR) is 87.2 cm³/mol. The summed E-state index contributed by atoms with van der Waals surface area (Å²) >= 11 is 0. The minimum atomic E-state index is -0.516. The van der Waals surface area contributed by atoms with Crippen molar-refractivity contribution in [1.29, 1.82) is 0 Å². The number of nitrogens with zero attached hydrogens (tertiary/aromatic N) is 1. The summed E-state index contributed by atoms with van der Waals surface area (Å²) in [6.07, 6.45) is 0. The quantitative estimate of drug-likeness (QED) is 0.585. The van der Waals surface area contributed by atoms with Crippen molar-refractivity contribution in [2.45, 2.75) is 13.5 Å². The smallest absolute Gasteiger partial charge is 0.279 e. The summed E-state index contributed by atoms with van der Waals surface area (Å²) in [6, 6.07) is 7.82. The lowest BCUT2D eigenvalue weighted by Gasteiger charge is -2.14. The number of nitro benzene ring substituents is 1. The van der Waals surface area contributed by atoms with Crippen LogP contribution < -0.4 is 15.0 Å². The van der Waals surface area contributed by atoms with Crippen LogP contribution in [0, 0.1) is 17.0 Å². The van der Waals surface area contributed by atoms with Crippen LogP contribution >= 0.6 is 0 Å². The number of nitrogens with one attached hydrogen (secondary N) is 2. The molecule has 0 bridgehead atoms. The molecule has 128 valence electrons. The topological polar surface area (TPSA) is 99.0 Å². The summed E-state index contributed by atoms with van der Waals surface area (Å²) in [6.45, 7) is 2.67. The minimum Gasteiger partial charge on any atom is -0.494 e. The number of amides is 1. The van der Waals surface area contributed by atoms with Crippen LogP contribution in [0.3, 0.4) is 0 Å². The molecule has 2 N–H and O–H groups in total. The molecule has 1 amide bonds. The Morgan fingerprint density at radius 1 is 1.38 bits per heavy atom. The fourth-order valence-corrected chi connectivity index (χ4v) is 2.31. The maximum Gasteiger partial charge on any atom is 0.279 e. The molecule has 24 heavy (non-hydrogen) atoms. The average molecular weight is 334 g/mol. The predicted octanol–water partition coefficient (Wildman–Crippen LogP) is 1.16. The first-order chi connectivity index (χ1) is 11.4. The average Bonchev–Trinajstić information content (AvgIpc) is 2.92. The number of carbonyl (C=O) groups is 1. The first kappa shape index (κ1) is 17.5. The van der Waals surface area contributed by atoms with E-state index in [-0.39, 0.29) is 23.9 Å². The molecule has 1 aromatic heterocycles. The summed E-state index contributed by atoms with van der Waals surface area (Å²) in [7, 11) is 3.27. The first-order valence-electron chi connectivity index (χ1n) is 7.38. The van der Waals surface area contributed by atoms with E-state index in [2.05, 4.69) is 5.32 Å². The number of furan rings is 1. The second-order valence-electron chi connectivity index (χ2n) is 5.51. The van der Waals surface area contributed by atoms with Crippen molar-refractivity contribution in [3.8, 4) is 5.75 Å². The van der Waals surface area contributed by atoms with Crippen LogP contribution in [0.5, 0.6) is 5.75 Å². The van der Waals surface area contributed by atoms with Crippen LogP contribution in [0.1, 0.15) is 11.5 Å². The zero-order valence-corrected chi connectivity index (χ0v) is 13.8. The minimum absolute atomic E-state index is 0.0965. The van der Waals surface area contributed by atoms with Crippen molar-refractivity contribution < 1.29 is 23.8 Å². The van der Waals surface area contributed by atoms with Gasteiger partial charge in [0.1, 0.15) is 18.1 Å². The van der Waals surface area contributed by atoms with Crippen LogP contribution in [0.2, 0.25) is 0 Å². The molecule has 0 saturated carbocycles. The van der Waals surface area contributed by atoms with E-state index in [0.717, 1.165) is 16.4 Å². The number of likely N-dealkylation sites (N-methyl/N-ethyl adjacent to an activating group) is 1. The fraction of sp³-hybridized carbons (Fsp3) is 0.312. The molecule has 1 atom stereocenters. The number of hydrogen-bond acceptors (Lipinski definition) is 5. The van der Waals surface area contributed by atoms with E-state index in [1.807, 2.05) is 26.1 Å². The number of rotatable bonds is 7. The van der Waals surface area contributed by atoms with Gasteiger partial charge in [-0.1, -0.05) is 0 Å². The van der Waals surface area contributed by atoms with E-state index in [9.17, 15) is 14.9 Å². The molecule has 8 heteroatoms. The van der Waals surface area contributed by atoms with Gasteiger partial charge in [-0.3, -0.25) is 14.9 Å². The number of benzene rings is 1. The van der Waals surface area contributed by atoms with Crippen molar-refractivity contribution >= 4 is 17.3 Å². The highest BCUT2D eigenvalue weighted by molar-refractivity contribution is 5.93. The zero-order valence-electron chi connectivity index (χ0n) is 13.8. The number of nitro groups is 1. The van der Waals surface area contributed by atoms with E-state index in [4.69, 9.17) is 9.15 Å². The van der Waals surface area contributed by atoms with Crippen molar-refractivity contribution in [3.05, 3.63) is 52.0 Å². The van der Waals surface area contributed by atoms with Crippen LogP contribution in [0.4, 0.5) is 11.4 Å². The molecule has 8 nitrogen and oxygen atoms in total. The molecule has 1 aromatic carbocycles. The lowest BCUT2D eigenvalue weighted by atomic mass is 10.2. The van der Waals surface area contributed by atoms with Crippen LogP contribution in [0.25, 0.3) is 0 Å². The van der Waals surface area contributed by atoms with E-state index >= 15 is 0 Å². The highest BCUT2D eigenvalue weighted by Gasteiger charge is 2.16. The van der Waals surface area contributed by atoms with Gasteiger partial charge in [-0.15, -0.1) is 0 Å². The van der Waals surface area contributed by atoms with Crippen molar-refractivity contribution in [2.75, 3.05) is 26.0 Å². The Bertz CT molecular complexity index is 741. The molecule has 1 heterocycles. The van der Waals surface area contributed by atoms with Crippen LogP contribution in [-0.4, -0.2) is 31.5 Å². The summed E-state index contributed by atoms with van der Waals surface area (Å²) in [5.74, 6) is 1.67. The lowest BCUT2D eigenvalue weighted by Crippen LogP contribution is -3.08. The van der Waals surface area contributed by atoms with Gasteiger partial charge in [-0.2, -0.15) is 0 Å². The van der Waals surface area contributed by atoms with Crippen molar-refractivity contribution in [1.82, 2.24) is 0 Å². The molecule has 2 rings (SSSR count). The second kappa shape index (κ2) is 7.60. The fourth-order valence-electron chi connectivity index (χ4n) is 2.31. The lowest BCUT2D eigenvalue weighted by molar-refractivity contribution is -0.886. The molecule has 0 fully saturated rings. The van der Waals surface area contributed by atoms with Gasteiger partial charge in [0.15, 0.2) is 12.3 Å². The summed E-state index contributed by atoms with van der Waals surface area (Å²) < 4.78 is 10.6. The van der Waals surface area contributed by atoms with Gasteiger partial charge in [0.05, 0.1) is 30.8 Å². The molecule has 0 aliphatic rings. The van der Waals surface area contributed by atoms with Gasteiger partial charge in [-0.05, 0) is 25.1 Å². The number of quaternary nitrogens is 1. The Labute approximate surface area is 139 Å². The third-order valence-corrected chi connectivity index (χ3v) is 3.40. The Hall–Kier alpha value is -2.87. The highest BCUT2D eigenvalue weighted by atomic mass is 16.6. The number of methoxy groups -OCH3 is 1. The molecule has 0 saturated heterocycles. The number of aryl methyl sites for hydroxylation is 1. The Morgan fingerprint density at radius 3 is 2.71 bits per heavy atom. The summed E-state index contributed by atoms with van der Waals surface area (Å²) in [5, 5.41) is 13.5. The third kappa shape index (κ3) is 4.56. The number of anilines is 1. The number of ether oxygens (including phenoxy) is 1. The molecule has 0 radical (unpaired) electrons. The Balaban J connectivity index is 1.97. The maximum atomic E-state index is 12.2. The van der Waals surface area contributed by atoms with Crippen molar-refractivity contribution in [3.63, 3.8) is 0 Å². The van der Waals surface area contributed by atoms with E-state index in [1.54, 1.807) is 0 Å². The first-order valence-corrected chi connectivity index (χ1v) is 7.38. The Morgan fingerprint density at radius 2 is 2.12 bits per heavy atom. The van der Waals surface area contributed by atoms with Crippen molar-refractivity contribution in [2.24, 2.45) is 0 Å². The van der Waals surface area contributed by atoms with Crippen LogP contribution in [-0.2, 0) is 11.3 Å². The maximum absolute atomic E-state index is 12.2. The molecule has 0 aliphatic heterocycles. The van der Waals surface area contributed by atoms with Crippen LogP contribution in [0.15, 0.2) is 34.7 Å². The SMILES string of the molecule is COc1cc([N+](=O)[O-])ccc1NC(=O)C[NH+](C)Cc1ccc(C)o1. The number of hydrogen-bond donors (Lipinski definition) is 2. The molecular formula is C16H20N3O5+. The van der Waals surface area contributed by atoms with E-state index in [0.29, 0.717) is 12.2 Å². The third-order valence-electron chi connectivity index (χ3n) is 3.40. The Kier molecular flexibility index (Phi) is 5.54. The zero-order chi connectivity index (χ0) is 17.7. The summed E-state index contributed by atoms with van der Waals surface area (Å²) in [4.78, 5) is 23.4. The number of carbonyl (C=O) groups excluding carboxylic acids is 1. The largest absolute Gasteiger partial charge is 0.494 e. The molecular weight excluding hydrogens is 314 g/mol. The van der Waals surface area contributed by atoms with Gasteiger partial charge in [0, 0.05) is 6.07 Å². The molecule has 0 spiro atoms. The second-order valence-corrected chi connectivity index (χ2v) is 5.51. The number of non-ortho nitro benzene ring substituents is 1. The van der Waals surface area contributed by atoms with E-state index < -0.39 is 4.92 Å². The van der Waals surface area contributed by atoms with Gasteiger partial charge in [0.25, 0.3) is 11.6 Å². The molecule has 2 aromatic rings. The van der Waals surface area contributed by atoms with Gasteiger partial charge >= 0.3 is 0 Å². The highest BCUT2D eigenvalue weighted by Crippen LogP contribution is 2.28.